The minimum atomic E-state index is -0.260. The predicted molar refractivity (Wildman–Crippen MR) is 94.6 cm³/mol. The minimum Gasteiger partial charge on any atom is -0.463 e. The van der Waals surface area contributed by atoms with Crippen molar-refractivity contribution in [3.05, 3.63) is 65.2 Å². The highest BCUT2D eigenvalue weighted by molar-refractivity contribution is 5.81. The van der Waals surface area contributed by atoms with Gasteiger partial charge in [-0.15, -0.1) is 0 Å². The third-order valence-electron chi connectivity index (χ3n) is 4.28. The largest absolute Gasteiger partial charge is 0.463 e. The second-order valence-electron chi connectivity index (χ2n) is 6.02. The standard InChI is InChI=1S/C18H17N5O3/c1-12(13-4-2-3-7-19-13)21-17(24)5-8-23-18(25)15-10-16-14(6-9-26-16)22(15)11-20-23/h2-4,6-7,9-12H,5,8H2,1H3,(H,21,24). The number of fused-ring (bicyclic) bond motifs is 3. The van der Waals surface area contributed by atoms with Crippen molar-refractivity contribution in [3.8, 4) is 0 Å². The highest BCUT2D eigenvalue weighted by Gasteiger charge is 2.13. The second kappa shape index (κ2) is 6.47. The van der Waals surface area contributed by atoms with Crippen LogP contribution in [0.15, 0.2) is 58.3 Å². The smallest absolute Gasteiger partial charge is 0.291 e. The van der Waals surface area contributed by atoms with Crippen molar-refractivity contribution in [3.63, 3.8) is 0 Å². The Labute approximate surface area is 148 Å². The van der Waals surface area contributed by atoms with Crippen molar-refractivity contribution in [2.24, 2.45) is 0 Å². The van der Waals surface area contributed by atoms with Gasteiger partial charge in [0.1, 0.15) is 11.8 Å². The Balaban J connectivity index is 1.46. The molecule has 132 valence electrons. The van der Waals surface area contributed by atoms with Gasteiger partial charge in [0, 0.05) is 24.8 Å². The molecule has 0 saturated carbocycles. The molecule has 8 nitrogen and oxygen atoms in total. The van der Waals surface area contributed by atoms with E-state index in [1.54, 1.807) is 35.3 Å². The Hall–Kier alpha value is -3.42. The van der Waals surface area contributed by atoms with E-state index in [0.29, 0.717) is 11.1 Å². The molecule has 1 N–H and O–H groups in total. The van der Waals surface area contributed by atoms with Crippen LogP contribution in [-0.4, -0.2) is 25.1 Å². The zero-order chi connectivity index (χ0) is 18.1. The van der Waals surface area contributed by atoms with Gasteiger partial charge in [-0.25, -0.2) is 4.68 Å². The molecular formula is C18H17N5O3. The predicted octanol–water partition coefficient (Wildman–Crippen LogP) is 1.90. The maximum atomic E-state index is 12.5. The Bertz CT molecular complexity index is 1130. The Kier molecular flexibility index (Phi) is 4.00. The van der Waals surface area contributed by atoms with Crippen molar-refractivity contribution in [1.29, 1.82) is 0 Å². The number of nitrogens with zero attached hydrogens (tertiary/aromatic N) is 4. The van der Waals surface area contributed by atoms with Crippen LogP contribution in [0.25, 0.3) is 16.6 Å². The molecule has 0 spiro atoms. The van der Waals surface area contributed by atoms with Gasteiger partial charge in [-0.05, 0) is 19.1 Å². The fraction of sp³-hybridized carbons (Fsp3) is 0.222. The summed E-state index contributed by atoms with van der Waals surface area (Å²) in [5.41, 5.74) is 2.41. The minimum absolute atomic E-state index is 0.150. The maximum absolute atomic E-state index is 12.5. The van der Waals surface area contributed by atoms with Crippen molar-refractivity contribution >= 4 is 22.5 Å². The molecule has 26 heavy (non-hydrogen) atoms. The van der Waals surface area contributed by atoms with Crippen molar-refractivity contribution < 1.29 is 9.21 Å². The van der Waals surface area contributed by atoms with E-state index in [0.717, 1.165) is 11.2 Å². The number of carbonyl (C=O) groups is 1. The zero-order valence-corrected chi connectivity index (χ0v) is 14.1. The molecular weight excluding hydrogens is 334 g/mol. The summed E-state index contributed by atoms with van der Waals surface area (Å²) in [6.45, 7) is 2.06. The highest BCUT2D eigenvalue weighted by atomic mass is 16.3. The lowest BCUT2D eigenvalue weighted by atomic mass is 10.2. The van der Waals surface area contributed by atoms with E-state index in [1.807, 2.05) is 25.1 Å². The van der Waals surface area contributed by atoms with Crippen LogP contribution in [0, 0.1) is 0 Å². The van der Waals surface area contributed by atoms with Gasteiger partial charge in [-0.2, -0.15) is 5.10 Å². The van der Waals surface area contributed by atoms with Crippen molar-refractivity contribution in [1.82, 2.24) is 24.5 Å². The number of aromatic nitrogens is 4. The molecule has 8 heteroatoms. The molecule has 1 atom stereocenters. The summed E-state index contributed by atoms with van der Waals surface area (Å²) in [5, 5.41) is 7.03. The molecule has 0 aliphatic rings. The molecule has 4 aromatic heterocycles. The fourth-order valence-electron chi connectivity index (χ4n) is 2.92. The topological polar surface area (TPSA) is 94.4 Å². The number of hydrogen-bond acceptors (Lipinski definition) is 5. The van der Waals surface area contributed by atoms with Gasteiger partial charge in [0.05, 0.1) is 30.1 Å². The monoisotopic (exact) mass is 351 g/mol. The lowest BCUT2D eigenvalue weighted by molar-refractivity contribution is -0.122. The Morgan fingerprint density at radius 2 is 2.19 bits per heavy atom. The molecule has 4 heterocycles. The summed E-state index contributed by atoms with van der Waals surface area (Å²) in [5.74, 6) is -0.166. The van der Waals surface area contributed by atoms with E-state index in [1.165, 1.54) is 4.68 Å². The SMILES string of the molecule is CC(NC(=O)CCn1ncn2c(cc3occc32)c1=O)c1ccccn1. The molecule has 0 radical (unpaired) electrons. The number of aryl methyl sites for hydroxylation is 1. The molecule has 4 aromatic rings. The molecule has 1 amide bonds. The van der Waals surface area contributed by atoms with E-state index in [9.17, 15) is 9.59 Å². The van der Waals surface area contributed by atoms with Crippen LogP contribution in [0.2, 0.25) is 0 Å². The van der Waals surface area contributed by atoms with Crippen LogP contribution in [-0.2, 0) is 11.3 Å². The molecule has 0 bridgehead atoms. The van der Waals surface area contributed by atoms with Gasteiger partial charge in [0.15, 0.2) is 5.58 Å². The van der Waals surface area contributed by atoms with Gasteiger partial charge in [0.2, 0.25) is 5.91 Å². The van der Waals surface area contributed by atoms with Crippen LogP contribution in [0.4, 0.5) is 0 Å². The van der Waals surface area contributed by atoms with Gasteiger partial charge in [-0.1, -0.05) is 6.07 Å². The first-order valence-electron chi connectivity index (χ1n) is 8.28. The van der Waals surface area contributed by atoms with Gasteiger partial charge in [-0.3, -0.25) is 19.0 Å². The second-order valence-corrected chi connectivity index (χ2v) is 6.02. The van der Waals surface area contributed by atoms with Gasteiger partial charge >= 0.3 is 0 Å². The Morgan fingerprint density at radius 3 is 3.00 bits per heavy atom. The van der Waals surface area contributed by atoms with Crippen LogP contribution < -0.4 is 10.9 Å². The third-order valence-corrected chi connectivity index (χ3v) is 4.28. The van der Waals surface area contributed by atoms with Crippen LogP contribution in [0.5, 0.6) is 0 Å². The molecule has 0 aromatic carbocycles. The molecule has 0 aliphatic carbocycles. The lowest BCUT2D eigenvalue weighted by Gasteiger charge is -2.13. The van der Waals surface area contributed by atoms with Gasteiger partial charge in [0.25, 0.3) is 5.56 Å². The Morgan fingerprint density at radius 1 is 1.31 bits per heavy atom. The summed E-state index contributed by atoms with van der Waals surface area (Å²) in [4.78, 5) is 28.9. The fourth-order valence-corrected chi connectivity index (χ4v) is 2.92. The number of nitrogens with one attached hydrogen (secondary N) is 1. The van der Waals surface area contributed by atoms with E-state index in [-0.39, 0.29) is 30.5 Å². The van der Waals surface area contributed by atoms with Crippen molar-refractivity contribution in [2.45, 2.75) is 25.9 Å². The summed E-state index contributed by atoms with van der Waals surface area (Å²) in [7, 11) is 0. The number of furan rings is 1. The molecule has 4 rings (SSSR count). The molecule has 0 saturated heterocycles. The summed E-state index contributed by atoms with van der Waals surface area (Å²) in [6, 6.07) is 8.81. The third kappa shape index (κ3) is 2.85. The van der Waals surface area contributed by atoms with E-state index < -0.39 is 0 Å². The normalized spacial score (nSPS) is 12.5. The quantitative estimate of drug-likeness (QED) is 0.593. The first kappa shape index (κ1) is 16.1. The number of rotatable bonds is 5. The lowest BCUT2D eigenvalue weighted by Crippen LogP contribution is -2.31. The number of carbonyl (C=O) groups excluding carboxylic acids is 1. The van der Waals surface area contributed by atoms with Crippen molar-refractivity contribution in [2.75, 3.05) is 0 Å². The highest BCUT2D eigenvalue weighted by Crippen LogP contribution is 2.18. The average molecular weight is 351 g/mol. The van der Waals surface area contributed by atoms with Crippen LogP contribution >= 0.6 is 0 Å². The molecule has 0 fully saturated rings. The molecule has 0 aliphatic heterocycles. The summed E-state index contributed by atoms with van der Waals surface area (Å²) >= 11 is 0. The van der Waals surface area contributed by atoms with E-state index >= 15 is 0 Å². The van der Waals surface area contributed by atoms with Crippen LogP contribution in [0.1, 0.15) is 25.1 Å². The van der Waals surface area contributed by atoms with E-state index in [2.05, 4.69) is 15.4 Å². The molecule has 1 unspecified atom stereocenters. The maximum Gasteiger partial charge on any atom is 0.291 e. The summed E-state index contributed by atoms with van der Waals surface area (Å²) < 4.78 is 8.29. The van der Waals surface area contributed by atoms with Gasteiger partial charge < -0.3 is 9.73 Å². The van der Waals surface area contributed by atoms with Crippen LogP contribution in [0.3, 0.4) is 0 Å². The van der Waals surface area contributed by atoms with E-state index in [4.69, 9.17) is 4.42 Å². The number of pyridine rings is 1. The first-order chi connectivity index (χ1) is 12.6. The number of hydrogen-bond donors (Lipinski definition) is 1. The summed E-state index contributed by atoms with van der Waals surface area (Å²) in [6.07, 6.45) is 4.96. The number of amides is 1. The zero-order valence-electron chi connectivity index (χ0n) is 14.1. The first-order valence-corrected chi connectivity index (χ1v) is 8.28. The average Bonchev–Trinajstić information content (AvgIpc) is 3.24.